The summed E-state index contributed by atoms with van der Waals surface area (Å²) in [6.07, 6.45) is 7.83. The first-order valence-corrected chi connectivity index (χ1v) is 5.96. The van der Waals surface area contributed by atoms with Gasteiger partial charge in [-0.3, -0.25) is 4.79 Å². The van der Waals surface area contributed by atoms with Gasteiger partial charge in [0.05, 0.1) is 5.69 Å². The van der Waals surface area contributed by atoms with E-state index in [0.29, 0.717) is 17.2 Å². The molecule has 0 atom stereocenters. The lowest BCUT2D eigenvalue weighted by Gasteiger charge is -2.21. The van der Waals surface area contributed by atoms with Gasteiger partial charge in [0, 0.05) is 6.54 Å². The quantitative estimate of drug-likeness (QED) is 0.853. The minimum absolute atomic E-state index is 0.0654. The highest BCUT2D eigenvalue weighted by Gasteiger charge is 2.16. The lowest BCUT2D eigenvalue weighted by molar-refractivity contribution is 0.0942. The van der Waals surface area contributed by atoms with Gasteiger partial charge in [-0.1, -0.05) is 24.4 Å². The molecule has 1 aliphatic rings. The topological polar surface area (TPSA) is 55.1 Å². The molecule has 0 saturated heterocycles. The maximum absolute atomic E-state index is 11.8. The average molecular weight is 222 g/mol. The van der Waals surface area contributed by atoms with Crippen molar-refractivity contribution in [1.82, 2.24) is 10.5 Å². The van der Waals surface area contributed by atoms with Gasteiger partial charge in [-0.2, -0.15) is 0 Å². The van der Waals surface area contributed by atoms with Crippen molar-refractivity contribution in [3.63, 3.8) is 0 Å². The lowest BCUT2D eigenvalue weighted by Crippen LogP contribution is -2.30. The Kier molecular flexibility index (Phi) is 3.59. The second-order valence-electron chi connectivity index (χ2n) is 4.53. The SMILES string of the molecule is Cc1nocc1C(=O)NCC1CCCCC1. The molecule has 1 N–H and O–H groups in total. The molecular formula is C12H18N2O2. The van der Waals surface area contributed by atoms with Crippen LogP contribution in [0.25, 0.3) is 0 Å². The summed E-state index contributed by atoms with van der Waals surface area (Å²) in [5.74, 6) is 0.585. The molecule has 1 fully saturated rings. The highest BCUT2D eigenvalue weighted by Crippen LogP contribution is 2.22. The first kappa shape index (κ1) is 11.2. The van der Waals surface area contributed by atoms with E-state index in [4.69, 9.17) is 4.52 Å². The minimum Gasteiger partial charge on any atom is -0.364 e. The lowest BCUT2D eigenvalue weighted by atomic mass is 9.89. The number of aryl methyl sites for hydroxylation is 1. The fourth-order valence-corrected chi connectivity index (χ4v) is 2.23. The van der Waals surface area contributed by atoms with Gasteiger partial charge < -0.3 is 9.84 Å². The molecule has 4 heteroatoms. The van der Waals surface area contributed by atoms with Crippen molar-refractivity contribution in [3.05, 3.63) is 17.5 Å². The first-order chi connectivity index (χ1) is 7.77. The zero-order valence-electron chi connectivity index (χ0n) is 9.66. The van der Waals surface area contributed by atoms with Crippen molar-refractivity contribution < 1.29 is 9.32 Å². The summed E-state index contributed by atoms with van der Waals surface area (Å²) >= 11 is 0. The van der Waals surface area contributed by atoms with Gasteiger partial charge in [-0.25, -0.2) is 0 Å². The van der Waals surface area contributed by atoms with E-state index in [9.17, 15) is 4.79 Å². The Morgan fingerprint density at radius 3 is 2.88 bits per heavy atom. The average Bonchev–Trinajstić information content (AvgIpc) is 2.74. The first-order valence-electron chi connectivity index (χ1n) is 5.96. The maximum atomic E-state index is 11.8. The highest BCUT2D eigenvalue weighted by molar-refractivity contribution is 5.94. The van der Waals surface area contributed by atoms with E-state index in [1.807, 2.05) is 0 Å². The molecule has 16 heavy (non-hydrogen) atoms. The van der Waals surface area contributed by atoms with Crippen LogP contribution in [0.15, 0.2) is 10.8 Å². The molecule has 0 spiro atoms. The van der Waals surface area contributed by atoms with Crippen molar-refractivity contribution >= 4 is 5.91 Å². The molecule has 0 unspecified atom stereocenters. The van der Waals surface area contributed by atoms with Crippen LogP contribution in [0.4, 0.5) is 0 Å². The van der Waals surface area contributed by atoms with Crippen molar-refractivity contribution in [3.8, 4) is 0 Å². The number of aromatic nitrogens is 1. The third kappa shape index (κ3) is 2.62. The van der Waals surface area contributed by atoms with Crippen molar-refractivity contribution in [2.45, 2.75) is 39.0 Å². The fourth-order valence-electron chi connectivity index (χ4n) is 2.23. The number of nitrogens with one attached hydrogen (secondary N) is 1. The van der Waals surface area contributed by atoms with Crippen molar-refractivity contribution in [2.24, 2.45) is 5.92 Å². The summed E-state index contributed by atoms with van der Waals surface area (Å²) in [7, 11) is 0. The molecule has 1 aromatic rings. The van der Waals surface area contributed by atoms with E-state index < -0.39 is 0 Å². The van der Waals surface area contributed by atoms with Crippen LogP contribution >= 0.6 is 0 Å². The normalized spacial score (nSPS) is 17.3. The van der Waals surface area contributed by atoms with E-state index in [0.717, 1.165) is 6.54 Å². The Balaban J connectivity index is 1.81. The van der Waals surface area contributed by atoms with Gasteiger partial charge in [0.2, 0.25) is 0 Å². The predicted molar refractivity (Wildman–Crippen MR) is 60.1 cm³/mol. The fraction of sp³-hybridized carbons (Fsp3) is 0.667. The Bertz CT molecular complexity index is 354. The van der Waals surface area contributed by atoms with Gasteiger partial charge in [-0.15, -0.1) is 0 Å². The van der Waals surface area contributed by atoms with Gasteiger partial charge in [-0.05, 0) is 25.7 Å². The molecule has 1 saturated carbocycles. The number of amides is 1. The largest absolute Gasteiger partial charge is 0.364 e. The Morgan fingerprint density at radius 1 is 1.50 bits per heavy atom. The number of rotatable bonds is 3. The molecule has 1 aliphatic carbocycles. The number of nitrogens with zero attached hydrogens (tertiary/aromatic N) is 1. The van der Waals surface area contributed by atoms with Crippen LogP contribution in [0.5, 0.6) is 0 Å². The molecule has 0 radical (unpaired) electrons. The van der Waals surface area contributed by atoms with E-state index in [1.54, 1.807) is 6.92 Å². The van der Waals surface area contributed by atoms with Gasteiger partial charge in [0.1, 0.15) is 11.8 Å². The van der Waals surface area contributed by atoms with Crippen molar-refractivity contribution in [2.75, 3.05) is 6.54 Å². The second-order valence-corrected chi connectivity index (χ2v) is 4.53. The zero-order chi connectivity index (χ0) is 11.4. The Labute approximate surface area is 95.4 Å². The van der Waals surface area contributed by atoms with Gasteiger partial charge in [0.15, 0.2) is 0 Å². The van der Waals surface area contributed by atoms with Crippen LogP contribution < -0.4 is 5.32 Å². The minimum atomic E-state index is -0.0654. The molecule has 88 valence electrons. The van der Waals surface area contributed by atoms with Gasteiger partial charge >= 0.3 is 0 Å². The smallest absolute Gasteiger partial charge is 0.256 e. The molecule has 2 rings (SSSR count). The van der Waals surface area contributed by atoms with E-state index in [2.05, 4.69) is 10.5 Å². The summed E-state index contributed by atoms with van der Waals surface area (Å²) in [5, 5.41) is 6.65. The van der Waals surface area contributed by atoms with Crippen LogP contribution in [0.1, 0.15) is 48.2 Å². The van der Waals surface area contributed by atoms with E-state index >= 15 is 0 Å². The van der Waals surface area contributed by atoms with Crippen LogP contribution in [0.3, 0.4) is 0 Å². The Morgan fingerprint density at radius 2 is 2.25 bits per heavy atom. The second kappa shape index (κ2) is 5.14. The number of carbonyl (C=O) groups excluding carboxylic acids is 1. The number of hydrogen-bond acceptors (Lipinski definition) is 3. The summed E-state index contributed by atoms with van der Waals surface area (Å²) in [6, 6.07) is 0. The molecule has 0 aliphatic heterocycles. The van der Waals surface area contributed by atoms with Crippen molar-refractivity contribution in [1.29, 1.82) is 0 Å². The van der Waals surface area contributed by atoms with E-state index in [1.165, 1.54) is 38.4 Å². The highest BCUT2D eigenvalue weighted by atomic mass is 16.5. The van der Waals surface area contributed by atoms with Crippen LogP contribution in [-0.4, -0.2) is 17.6 Å². The van der Waals surface area contributed by atoms with E-state index in [-0.39, 0.29) is 5.91 Å². The predicted octanol–water partition coefficient (Wildman–Crippen LogP) is 2.29. The number of carbonyl (C=O) groups is 1. The van der Waals surface area contributed by atoms with Crippen LogP contribution in [0.2, 0.25) is 0 Å². The molecule has 1 heterocycles. The monoisotopic (exact) mass is 222 g/mol. The summed E-state index contributed by atoms with van der Waals surface area (Å²) < 4.78 is 4.75. The summed E-state index contributed by atoms with van der Waals surface area (Å²) in [6.45, 7) is 2.56. The standard InChI is InChI=1S/C12H18N2O2/c1-9-11(8-16-14-9)12(15)13-7-10-5-3-2-4-6-10/h8,10H,2-7H2,1H3,(H,13,15). The van der Waals surface area contributed by atoms with Crippen LogP contribution in [0, 0.1) is 12.8 Å². The summed E-state index contributed by atoms with van der Waals surface area (Å²) in [5.41, 5.74) is 1.21. The molecular weight excluding hydrogens is 204 g/mol. The molecule has 1 amide bonds. The van der Waals surface area contributed by atoms with Crippen LogP contribution in [-0.2, 0) is 0 Å². The molecule has 4 nitrogen and oxygen atoms in total. The molecule has 1 aromatic heterocycles. The summed E-state index contributed by atoms with van der Waals surface area (Å²) in [4.78, 5) is 11.8. The molecule has 0 aromatic carbocycles. The maximum Gasteiger partial charge on any atom is 0.256 e. The Hall–Kier alpha value is -1.32. The third-order valence-electron chi connectivity index (χ3n) is 3.27. The molecule has 0 bridgehead atoms. The third-order valence-corrected chi connectivity index (χ3v) is 3.27. The zero-order valence-corrected chi connectivity index (χ0v) is 9.66. The number of hydrogen-bond donors (Lipinski definition) is 1. The van der Waals surface area contributed by atoms with Gasteiger partial charge in [0.25, 0.3) is 5.91 Å².